The molecule has 5 unspecified atom stereocenters. The van der Waals surface area contributed by atoms with E-state index in [2.05, 4.69) is 18.9 Å². The van der Waals surface area contributed by atoms with Gasteiger partial charge in [-0.1, -0.05) is 0 Å². The van der Waals surface area contributed by atoms with E-state index in [0.717, 1.165) is 0 Å². The molecule has 0 aromatic heterocycles. The molecule has 92 valence electrons. The second kappa shape index (κ2) is 9.89. The molecule has 0 aliphatic carbocycles. The molecule has 6 heteroatoms. The van der Waals surface area contributed by atoms with Gasteiger partial charge in [0.2, 0.25) is 0 Å². The van der Waals surface area contributed by atoms with Crippen LogP contribution in [0.1, 0.15) is 20.8 Å². The van der Waals surface area contributed by atoms with Crippen LogP contribution >= 0.6 is 18.9 Å². The Kier molecular flexibility index (Phi) is 10.4. The van der Waals surface area contributed by atoms with Crippen molar-refractivity contribution in [1.29, 1.82) is 0 Å². The van der Waals surface area contributed by atoms with Crippen molar-refractivity contribution in [2.24, 2.45) is 0 Å². The summed E-state index contributed by atoms with van der Waals surface area (Å²) in [5.74, 6) is 0. The fraction of sp³-hybridized carbons (Fsp3) is 1.00. The maximum atomic E-state index is 5.60. The Morgan fingerprint density at radius 2 is 1.40 bits per heavy atom. The van der Waals surface area contributed by atoms with E-state index in [1.54, 1.807) is 0 Å². The van der Waals surface area contributed by atoms with Gasteiger partial charge in [0.05, 0.1) is 38.1 Å². The normalized spacial score (nSPS) is 17.4. The fourth-order valence-electron chi connectivity index (χ4n) is 1.05. The van der Waals surface area contributed by atoms with Crippen molar-refractivity contribution >= 4 is 18.9 Å². The SMILES string of the molecule is CC(COCC(C)OC(C)COP)OP. The largest absolute Gasteiger partial charge is 0.376 e. The van der Waals surface area contributed by atoms with Gasteiger partial charge in [0, 0.05) is 18.9 Å². The molecule has 0 rings (SSSR count). The summed E-state index contributed by atoms with van der Waals surface area (Å²) in [7, 11) is 4.43. The molecule has 0 saturated carbocycles. The molecule has 0 radical (unpaired) electrons. The highest BCUT2D eigenvalue weighted by atomic mass is 31.0. The van der Waals surface area contributed by atoms with Crippen LogP contribution in [-0.2, 0) is 18.5 Å². The predicted octanol–water partition coefficient (Wildman–Crippen LogP) is 1.80. The van der Waals surface area contributed by atoms with Crippen LogP contribution in [0.2, 0.25) is 0 Å². The Morgan fingerprint density at radius 3 is 1.93 bits per heavy atom. The topological polar surface area (TPSA) is 36.9 Å². The van der Waals surface area contributed by atoms with Crippen molar-refractivity contribution in [2.45, 2.75) is 39.1 Å². The molecule has 4 nitrogen and oxygen atoms in total. The summed E-state index contributed by atoms with van der Waals surface area (Å²) < 4.78 is 20.9. The van der Waals surface area contributed by atoms with E-state index in [4.69, 9.17) is 18.5 Å². The quantitative estimate of drug-likeness (QED) is 0.589. The molecule has 0 bridgehead atoms. The van der Waals surface area contributed by atoms with Crippen LogP contribution < -0.4 is 0 Å². The maximum Gasteiger partial charge on any atom is 0.0816 e. The first-order valence-electron chi connectivity index (χ1n) is 5.00. The second-order valence-electron chi connectivity index (χ2n) is 3.57. The Morgan fingerprint density at radius 1 is 0.867 bits per heavy atom. The van der Waals surface area contributed by atoms with E-state index in [9.17, 15) is 0 Å². The van der Waals surface area contributed by atoms with Gasteiger partial charge in [-0.25, -0.2) is 0 Å². The van der Waals surface area contributed by atoms with Gasteiger partial charge in [-0.15, -0.1) is 0 Å². The van der Waals surface area contributed by atoms with Crippen LogP contribution in [0.3, 0.4) is 0 Å². The van der Waals surface area contributed by atoms with Crippen LogP contribution in [-0.4, -0.2) is 38.1 Å². The minimum Gasteiger partial charge on any atom is -0.376 e. The molecule has 0 N–H and O–H groups in total. The number of rotatable bonds is 9. The lowest BCUT2D eigenvalue weighted by Gasteiger charge is -2.19. The van der Waals surface area contributed by atoms with E-state index >= 15 is 0 Å². The minimum atomic E-state index is 0.0665. The van der Waals surface area contributed by atoms with Crippen LogP contribution in [0.5, 0.6) is 0 Å². The summed E-state index contributed by atoms with van der Waals surface area (Å²) in [6.45, 7) is 7.61. The minimum absolute atomic E-state index is 0.0665. The van der Waals surface area contributed by atoms with Gasteiger partial charge >= 0.3 is 0 Å². The second-order valence-corrected chi connectivity index (χ2v) is 4.18. The van der Waals surface area contributed by atoms with E-state index in [1.165, 1.54) is 0 Å². The lowest BCUT2D eigenvalue weighted by molar-refractivity contribution is -0.0607. The van der Waals surface area contributed by atoms with Crippen molar-refractivity contribution in [3.8, 4) is 0 Å². The third-order valence-electron chi connectivity index (χ3n) is 1.73. The molecule has 0 heterocycles. The molecular weight excluding hydrogens is 234 g/mol. The van der Waals surface area contributed by atoms with Crippen LogP contribution in [0.25, 0.3) is 0 Å². The molecule has 0 aliphatic heterocycles. The van der Waals surface area contributed by atoms with Gasteiger partial charge in [0.1, 0.15) is 0 Å². The van der Waals surface area contributed by atoms with E-state index in [-0.39, 0.29) is 18.3 Å². The van der Waals surface area contributed by atoms with Crippen LogP contribution in [0.4, 0.5) is 0 Å². The van der Waals surface area contributed by atoms with Gasteiger partial charge in [-0.3, -0.25) is 0 Å². The lowest BCUT2D eigenvalue weighted by atomic mass is 10.4. The van der Waals surface area contributed by atoms with E-state index in [1.807, 2.05) is 20.8 Å². The molecule has 0 fully saturated rings. The first-order chi connectivity index (χ1) is 7.10. The molecule has 0 amide bonds. The van der Waals surface area contributed by atoms with Crippen molar-refractivity contribution in [1.82, 2.24) is 0 Å². The van der Waals surface area contributed by atoms with Crippen molar-refractivity contribution in [2.75, 3.05) is 19.8 Å². The summed E-state index contributed by atoms with van der Waals surface area (Å²) >= 11 is 0. The number of hydrogen-bond acceptors (Lipinski definition) is 4. The summed E-state index contributed by atoms with van der Waals surface area (Å²) in [4.78, 5) is 0. The summed E-state index contributed by atoms with van der Waals surface area (Å²) in [5.41, 5.74) is 0. The molecule has 0 aromatic carbocycles. The van der Waals surface area contributed by atoms with Crippen molar-refractivity contribution in [3.05, 3.63) is 0 Å². The van der Waals surface area contributed by atoms with Gasteiger partial charge in [-0.2, -0.15) is 0 Å². The van der Waals surface area contributed by atoms with Gasteiger partial charge in [0.25, 0.3) is 0 Å². The smallest absolute Gasteiger partial charge is 0.0816 e. The van der Waals surface area contributed by atoms with Gasteiger partial charge < -0.3 is 18.5 Å². The Labute approximate surface area is 96.9 Å². The molecule has 0 aliphatic rings. The first kappa shape index (κ1) is 15.7. The summed E-state index contributed by atoms with van der Waals surface area (Å²) in [6.07, 6.45) is 0.239. The third kappa shape index (κ3) is 9.62. The Balaban J connectivity index is 3.44. The summed E-state index contributed by atoms with van der Waals surface area (Å²) in [6, 6.07) is 0. The maximum absolute atomic E-state index is 5.60. The Bertz CT molecular complexity index is 148. The zero-order chi connectivity index (χ0) is 11.7. The van der Waals surface area contributed by atoms with Crippen LogP contribution in [0.15, 0.2) is 0 Å². The highest BCUT2D eigenvalue weighted by Gasteiger charge is 2.09. The molecular formula is C9H22O4P2. The summed E-state index contributed by atoms with van der Waals surface area (Å²) in [5, 5.41) is 0. The first-order valence-corrected chi connectivity index (χ1v) is 5.94. The highest BCUT2D eigenvalue weighted by Crippen LogP contribution is 2.03. The average Bonchev–Trinajstić information content (AvgIpc) is 2.17. The third-order valence-corrected chi connectivity index (χ3v) is 2.39. The standard InChI is InChI=1S/C9H22O4P2/c1-7(12-8(2)6-11-14)4-10-5-9(3)13-15/h7-9H,4-6,14-15H2,1-3H3. The molecule has 5 atom stereocenters. The zero-order valence-corrected chi connectivity index (χ0v) is 12.0. The number of ether oxygens (including phenoxy) is 2. The van der Waals surface area contributed by atoms with E-state index in [0.29, 0.717) is 19.8 Å². The van der Waals surface area contributed by atoms with E-state index < -0.39 is 0 Å². The molecule has 15 heavy (non-hydrogen) atoms. The average molecular weight is 256 g/mol. The van der Waals surface area contributed by atoms with Crippen molar-refractivity contribution in [3.63, 3.8) is 0 Å². The molecule has 0 saturated heterocycles. The number of hydrogen-bond donors (Lipinski definition) is 0. The zero-order valence-electron chi connectivity index (χ0n) is 9.64. The van der Waals surface area contributed by atoms with Crippen LogP contribution in [0, 0.1) is 0 Å². The predicted molar refractivity (Wildman–Crippen MR) is 66.7 cm³/mol. The lowest BCUT2D eigenvalue weighted by Crippen LogP contribution is -2.26. The Hall–Kier alpha value is 0.700. The fourth-order valence-corrected chi connectivity index (χ4v) is 1.40. The van der Waals surface area contributed by atoms with Gasteiger partial charge in [0.15, 0.2) is 0 Å². The van der Waals surface area contributed by atoms with Gasteiger partial charge in [-0.05, 0) is 20.8 Å². The van der Waals surface area contributed by atoms with Crippen molar-refractivity contribution < 1.29 is 18.5 Å². The molecule has 0 spiro atoms. The highest BCUT2D eigenvalue weighted by molar-refractivity contribution is 7.10. The monoisotopic (exact) mass is 256 g/mol. The molecule has 0 aromatic rings.